The van der Waals surface area contributed by atoms with Crippen molar-refractivity contribution >= 4 is 0 Å². The number of nitrogens with one attached hydrogen (secondary N) is 1. The maximum Gasteiger partial charge on any atom is 0.126 e. The number of halogens is 1. The van der Waals surface area contributed by atoms with Crippen LogP contribution in [-0.2, 0) is 0 Å². The number of rotatable bonds is 3. The second-order valence-electron chi connectivity index (χ2n) is 4.07. The molecule has 14 heavy (non-hydrogen) atoms. The van der Waals surface area contributed by atoms with E-state index in [9.17, 15) is 4.39 Å². The molecule has 0 heterocycles. The van der Waals surface area contributed by atoms with E-state index in [0.717, 1.165) is 18.4 Å². The van der Waals surface area contributed by atoms with E-state index in [0.29, 0.717) is 12.0 Å². The van der Waals surface area contributed by atoms with Gasteiger partial charge in [-0.05, 0) is 49.9 Å². The number of hydrogen-bond acceptors (Lipinski definition) is 1. The molecule has 0 bridgehead atoms. The molecule has 1 atom stereocenters. The summed E-state index contributed by atoms with van der Waals surface area (Å²) in [7, 11) is 1.92. The summed E-state index contributed by atoms with van der Waals surface area (Å²) in [6, 6.07) is 5.76. The fourth-order valence-electron chi connectivity index (χ4n) is 1.71. The van der Waals surface area contributed by atoms with Gasteiger partial charge in [0.2, 0.25) is 0 Å². The maximum absolute atomic E-state index is 13.4. The molecule has 0 aromatic heterocycles. The molecule has 1 saturated carbocycles. The molecule has 1 unspecified atom stereocenters. The topological polar surface area (TPSA) is 12.0 Å². The molecular formula is C12H16FN. The second kappa shape index (κ2) is 3.70. The smallest absolute Gasteiger partial charge is 0.126 e. The lowest BCUT2D eigenvalue weighted by atomic mass is 10.0. The molecule has 1 aliphatic rings. The first-order valence-electron chi connectivity index (χ1n) is 5.19. The zero-order valence-electron chi connectivity index (χ0n) is 8.68. The van der Waals surface area contributed by atoms with Crippen LogP contribution in [0, 0.1) is 5.82 Å². The first-order valence-corrected chi connectivity index (χ1v) is 5.19. The molecule has 1 N–H and O–H groups in total. The van der Waals surface area contributed by atoms with Crippen LogP contribution in [0.5, 0.6) is 0 Å². The van der Waals surface area contributed by atoms with Crippen LogP contribution < -0.4 is 5.32 Å². The molecule has 1 aromatic rings. The summed E-state index contributed by atoms with van der Waals surface area (Å²) < 4.78 is 13.4. The van der Waals surface area contributed by atoms with Crippen molar-refractivity contribution in [3.05, 3.63) is 35.1 Å². The van der Waals surface area contributed by atoms with Gasteiger partial charge in [0, 0.05) is 6.04 Å². The van der Waals surface area contributed by atoms with E-state index in [4.69, 9.17) is 0 Å². The summed E-state index contributed by atoms with van der Waals surface area (Å²) in [5.74, 6) is 0.443. The van der Waals surface area contributed by atoms with Crippen molar-refractivity contribution in [3.63, 3.8) is 0 Å². The van der Waals surface area contributed by atoms with Gasteiger partial charge in [0.1, 0.15) is 5.82 Å². The van der Waals surface area contributed by atoms with E-state index < -0.39 is 0 Å². The van der Waals surface area contributed by atoms with Gasteiger partial charge in [-0.3, -0.25) is 0 Å². The Morgan fingerprint density at radius 3 is 2.71 bits per heavy atom. The van der Waals surface area contributed by atoms with E-state index >= 15 is 0 Å². The number of benzene rings is 1. The zero-order valence-corrected chi connectivity index (χ0v) is 8.68. The van der Waals surface area contributed by atoms with Crippen molar-refractivity contribution in [1.82, 2.24) is 5.32 Å². The quantitative estimate of drug-likeness (QED) is 0.778. The van der Waals surface area contributed by atoms with Gasteiger partial charge in [-0.1, -0.05) is 12.1 Å². The summed E-state index contributed by atoms with van der Waals surface area (Å²) >= 11 is 0. The molecule has 2 rings (SSSR count). The predicted molar refractivity (Wildman–Crippen MR) is 55.8 cm³/mol. The molecule has 1 aliphatic carbocycles. The van der Waals surface area contributed by atoms with Gasteiger partial charge in [0.15, 0.2) is 0 Å². The molecule has 76 valence electrons. The lowest BCUT2D eigenvalue weighted by molar-refractivity contribution is 0.602. The fourth-order valence-corrected chi connectivity index (χ4v) is 1.71. The molecule has 0 radical (unpaired) electrons. The maximum atomic E-state index is 13.4. The highest BCUT2D eigenvalue weighted by atomic mass is 19.1. The van der Waals surface area contributed by atoms with Crippen LogP contribution in [0.15, 0.2) is 18.2 Å². The largest absolute Gasteiger partial charge is 0.313 e. The third-order valence-corrected chi connectivity index (χ3v) is 2.97. The normalized spacial score (nSPS) is 18.2. The third kappa shape index (κ3) is 1.80. The van der Waals surface area contributed by atoms with Gasteiger partial charge in [-0.25, -0.2) is 4.39 Å². The van der Waals surface area contributed by atoms with Crippen molar-refractivity contribution in [2.75, 3.05) is 7.05 Å². The van der Waals surface area contributed by atoms with Gasteiger partial charge >= 0.3 is 0 Å². The van der Waals surface area contributed by atoms with Crippen LogP contribution in [0.4, 0.5) is 4.39 Å². The molecule has 0 spiro atoms. The third-order valence-electron chi connectivity index (χ3n) is 2.97. The van der Waals surface area contributed by atoms with Crippen molar-refractivity contribution < 1.29 is 4.39 Å². The van der Waals surface area contributed by atoms with Crippen LogP contribution in [-0.4, -0.2) is 7.05 Å². The van der Waals surface area contributed by atoms with Crippen molar-refractivity contribution in [2.45, 2.75) is 31.7 Å². The van der Waals surface area contributed by atoms with E-state index in [1.165, 1.54) is 5.56 Å². The highest BCUT2D eigenvalue weighted by Crippen LogP contribution is 2.41. The highest BCUT2D eigenvalue weighted by Gasteiger charge is 2.26. The van der Waals surface area contributed by atoms with Gasteiger partial charge in [-0.2, -0.15) is 0 Å². The average molecular weight is 193 g/mol. The first-order chi connectivity index (χ1) is 6.72. The van der Waals surface area contributed by atoms with Crippen LogP contribution in [0.2, 0.25) is 0 Å². The van der Waals surface area contributed by atoms with Gasteiger partial charge in [0.05, 0.1) is 0 Å². The summed E-state index contributed by atoms with van der Waals surface area (Å²) in [4.78, 5) is 0. The molecule has 1 nitrogen and oxygen atoms in total. The van der Waals surface area contributed by atoms with E-state index in [2.05, 4.69) is 12.2 Å². The minimum absolute atomic E-state index is 0.0421. The minimum Gasteiger partial charge on any atom is -0.313 e. The lowest BCUT2D eigenvalue weighted by Crippen LogP contribution is -2.12. The van der Waals surface area contributed by atoms with Gasteiger partial charge < -0.3 is 5.32 Å². The van der Waals surface area contributed by atoms with Gasteiger partial charge in [0.25, 0.3) is 0 Å². The van der Waals surface area contributed by atoms with Crippen LogP contribution in [0.3, 0.4) is 0 Å². The highest BCUT2D eigenvalue weighted by molar-refractivity contribution is 5.32. The molecular weight excluding hydrogens is 177 g/mol. The Morgan fingerprint density at radius 2 is 2.14 bits per heavy atom. The molecule has 2 heteroatoms. The van der Waals surface area contributed by atoms with Gasteiger partial charge in [-0.15, -0.1) is 0 Å². The van der Waals surface area contributed by atoms with Crippen molar-refractivity contribution in [2.24, 2.45) is 0 Å². The monoisotopic (exact) mass is 193 g/mol. The summed E-state index contributed by atoms with van der Waals surface area (Å²) in [6.45, 7) is 2.09. The Labute approximate surface area is 84.3 Å². The fraction of sp³-hybridized carbons (Fsp3) is 0.500. The Balaban J connectivity index is 2.30. The van der Waals surface area contributed by atoms with Crippen LogP contribution >= 0.6 is 0 Å². The van der Waals surface area contributed by atoms with Crippen molar-refractivity contribution in [1.29, 1.82) is 0 Å². The Morgan fingerprint density at radius 1 is 1.43 bits per heavy atom. The molecule has 0 aliphatic heterocycles. The van der Waals surface area contributed by atoms with E-state index in [1.54, 1.807) is 6.07 Å². The average Bonchev–Trinajstić information content (AvgIpc) is 3.01. The lowest BCUT2D eigenvalue weighted by Gasteiger charge is -2.12. The predicted octanol–water partition coefficient (Wildman–Crippen LogP) is 2.98. The van der Waals surface area contributed by atoms with E-state index in [1.807, 2.05) is 19.2 Å². The molecule has 1 aromatic carbocycles. The second-order valence-corrected chi connectivity index (χ2v) is 4.07. The molecule has 0 saturated heterocycles. The van der Waals surface area contributed by atoms with Crippen LogP contribution in [0.25, 0.3) is 0 Å². The van der Waals surface area contributed by atoms with Crippen molar-refractivity contribution in [3.8, 4) is 0 Å². The first kappa shape index (κ1) is 9.66. The molecule has 0 amide bonds. The SMILES string of the molecule is CNC(C)c1ccc(F)c(C2CC2)c1. The Hall–Kier alpha value is -0.890. The summed E-state index contributed by atoms with van der Waals surface area (Å²) in [6.07, 6.45) is 2.29. The summed E-state index contributed by atoms with van der Waals surface area (Å²) in [5, 5.41) is 3.16. The minimum atomic E-state index is -0.0421. The number of hydrogen-bond donors (Lipinski definition) is 1. The Bertz CT molecular complexity index is 331. The molecule has 1 fully saturated rings. The van der Waals surface area contributed by atoms with E-state index in [-0.39, 0.29) is 5.82 Å². The summed E-state index contributed by atoms with van der Waals surface area (Å²) in [5.41, 5.74) is 2.08. The zero-order chi connectivity index (χ0) is 10.1. The Kier molecular flexibility index (Phi) is 2.55. The van der Waals surface area contributed by atoms with Crippen LogP contribution in [0.1, 0.15) is 42.9 Å². The standard InChI is InChI=1S/C12H16FN/c1-8(14-2)10-5-6-12(13)11(7-10)9-3-4-9/h5-9,14H,3-4H2,1-2H3.